The first-order chi connectivity index (χ1) is 17.3. The molecule has 2 heterocycles. The molecule has 5 rings (SSSR count). The van der Waals surface area contributed by atoms with Crippen molar-refractivity contribution in [3.63, 3.8) is 0 Å². The van der Waals surface area contributed by atoms with E-state index in [-0.39, 0.29) is 10.9 Å². The lowest BCUT2D eigenvalue weighted by Crippen LogP contribution is -2.33. The highest BCUT2D eigenvalue weighted by molar-refractivity contribution is 7.80. The monoisotopic (exact) mass is 535 g/mol. The molecule has 0 aliphatic heterocycles. The van der Waals surface area contributed by atoms with Gasteiger partial charge in [-0.25, -0.2) is 4.98 Å². The number of aryl methyl sites for hydroxylation is 2. The van der Waals surface area contributed by atoms with Crippen molar-refractivity contribution in [1.29, 1.82) is 0 Å². The SMILES string of the molecule is Cc1ccc(-c2nc3cc(NC(=S)NC(=O)c4ccc(-c5ccc(Cl)cc5Cl)o4)ccc3o2)cc1C. The molecule has 9 heteroatoms. The second kappa shape index (κ2) is 9.78. The van der Waals surface area contributed by atoms with Gasteiger partial charge in [-0.2, -0.15) is 0 Å². The van der Waals surface area contributed by atoms with Crippen LogP contribution >= 0.6 is 35.4 Å². The average Bonchev–Trinajstić information content (AvgIpc) is 3.48. The molecule has 1 amide bonds. The highest BCUT2D eigenvalue weighted by Gasteiger charge is 2.16. The van der Waals surface area contributed by atoms with Gasteiger partial charge in [-0.05, 0) is 97.9 Å². The lowest BCUT2D eigenvalue weighted by molar-refractivity contribution is 0.0951. The van der Waals surface area contributed by atoms with E-state index in [9.17, 15) is 4.79 Å². The number of anilines is 1. The Balaban J connectivity index is 1.27. The molecular weight excluding hydrogens is 517 g/mol. The van der Waals surface area contributed by atoms with E-state index in [1.54, 1.807) is 48.5 Å². The summed E-state index contributed by atoms with van der Waals surface area (Å²) < 4.78 is 11.6. The van der Waals surface area contributed by atoms with E-state index < -0.39 is 5.91 Å². The zero-order chi connectivity index (χ0) is 25.4. The molecule has 0 unspecified atom stereocenters. The normalized spacial score (nSPS) is 11.0. The van der Waals surface area contributed by atoms with Crippen molar-refractivity contribution in [2.24, 2.45) is 0 Å². The number of halogens is 2. The number of nitrogens with one attached hydrogen (secondary N) is 2. The summed E-state index contributed by atoms with van der Waals surface area (Å²) in [5.41, 5.74) is 5.87. The molecule has 2 aromatic heterocycles. The van der Waals surface area contributed by atoms with Crippen LogP contribution < -0.4 is 10.6 Å². The summed E-state index contributed by atoms with van der Waals surface area (Å²) in [5, 5.41) is 6.65. The number of furan rings is 1. The number of amides is 1. The molecule has 0 radical (unpaired) electrons. The van der Waals surface area contributed by atoms with Gasteiger partial charge in [0.05, 0.1) is 5.02 Å². The number of aromatic nitrogens is 1. The first-order valence-corrected chi connectivity index (χ1v) is 12.1. The smallest absolute Gasteiger partial charge is 0.293 e. The van der Waals surface area contributed by atoms with Crippen molar-refractivity contribution in [2.75, 3.05) is 5.32 Å². The van der Waals surface area contributed by atoms with E-state index in [1.807, 2.05) is 18.2 Å². The van der Waals surface area contributed by atoms with Crippen LogP contribution in [0.25, 0.3) is 33.9 Å². The van der Waals surface area contributed by atoms with Gasteiger partial charge in [0.2, 0.25) is 5.89 Å². The fourth-order valence-corrected chi connectivity index (χ4v) is 4.34. The van der Waals surface area contributed by atoms with Crippen molar-refractivity contribution in [2.45, 2.75) is 13.8 Å². The Hall–Kier alpha value is -3.65. The molecule has 0 aliphatic rings. The molecule has 180 valence electrons. The molecule has 0 bridgehead atoms. The van der Waals surface area contributed by atoms with Crippen LogP contribution in [-0.4, -0.2) is 16.0 Å². The number of hydrogen-bond acceptors (Lipinski definition) is 5. The first-order valence-electron chi connectivity index (χ1n) is 10.9. The highest BCUT2D eigenvalue weighted by Crippen LogP contribution is 2.32. The Morgan fingerprint density at radius 3 is 2.53 bits per heavy atom. The maximum Gasteiger partial charge on any atom is 0.293 e. The molecule has 36 heavy (non-hydrogen) atoms. The van der Waals surface area contributed by atoms with Crippen LogP contribution in [0.4, 0.5) is 5.69 Å². The quantitative estimate of drug-likeness (QED) is 0.228. The first kappa shape index (κ1) is 24.1. The van der Waals surface area contributed by atoms with Crippen molar-refractivity contribution >= 4 is 63.2 Å². The Labute approximate surface area is 222 Å². The minimum atomic E-state index is -0.497. The minimum Gasteiger partial charge on any atom is -0.451 e. The van der Waals surface area contributed by atoms with Gasteiger partial charge in [-0.15, -0.1) is 0 Å². The topological polar surface area (TPSA) is 80.3 Å². The molecule has 0 saturated heterocycles. The highest BCUT2D eigenvalue weighted by atomic mass is 35.5. The second-order valence-corrected chi connectivity index (χ2v) is 9.45. The van der Waals surface area contributed by atoms with Gasteiger partial charge < -0.3 is 14.2 Å². The summed E-state index contributed by atoms with van der Waals surface area (Å²) in [4.78, 5) is 17.2. The summed E-state index contributed by atoms with van der Waals surface area (Å²) in [6.45, 7) is 4.11. The fourth-order valence-electron chi connectivity index (χ4n) is 3.62. The molecule has 6 nitrogen and oxygen atoms in total. The van der Waals surface area contributed by atoms with Crippen LogP contribution in [0.2, 0.25) is 10.0 Å². The van der Waals surface area contributed by atoms with Crippen molar-refractivity contribution < 1.29 is 13.6 Å². The maximum absolute atomic E-state index is 12.6. The van der Waals surface area contributed by atoms with Crippen LogP contribution in [0.15, 0.2) is 75.6 Å². The molecule has 2 N–H and O–H groups in total. The Morgan fingerprint density at radius 2 is 1.75 bits per heavy atom. The molecule has 0 saturated carbocycles. The second-order valence-electron chi connectivity index (χ2n) is 8.20. The molecule has 0 aliphatic carbocycles. The lowest BCUT2D eigenvalue weighted by atomic mass is 10.1. The van der Waals surface area contributed by atoms with Crippen LogP contribution in [0.5, 0.6) is 0 Å². The van der Waals surface area contributed by atoms with Gasteiger partial charge in [0.15, 0.2) is 16.5 Å². The predicted octanol–water partition coefficient (Wildman–Crippen LogP) is 7.81. The number of carbonyl (C=O) groups is 1. The van der Waals surface area contributed by atoms with Gasteiger partial charge in [0.25, 0.3) is 5.91 Å². The number of benzene rings is 3. The van der Waals surface area contributed by atoms with E-state index in [4.69, 9.17) is 44.3 Å². The summed E-state index contributed by atoms with van der Waals surface area (Å²) in [7, 11) is 0. The van der Waals surface area contributed by atoms with Gasteiger partial charge in [-0.1, -0.05) is 29.3 Å². The molecule has 0 spiro atoms. The largest absolute Gasteiger partial charge is 0.451 e. The van der Waals surface area contributed by atoms with E-state index >= 15 is 0 Å². The minimum absolute atomic E-state index is 0.0881. The van der Waals surface area contributed by atoms with Crippen LogP contribution in [0, 0.1) is 13.8 Å². The third-order valence-corrected chi connectivity index (χ3v) is 6.40. The number of carbonyl (C=O) groups excluding carboxylic acids is 1. The molecule has 3 aromatic carbocycles. The lowest BCUT2D eigenvalue weighted by Gasteiger charge is -2.08. The average molecular weight is 536 g/mol. The van der Waals surface area contributed by atoms with Crippen molar-refractivity contribution in [3.05, 3.63) is 93.7 Å². The Bertz CT molecular complexity index is 1640. The third-order valence-electron chi connectivity index (χ3n) is 5.65. The van der Waals surface area contributed by atoms with Gasteiger partial charge in [-0.3, -0.25) is 10.1 Å². The van der Waals surface area contributed by atoms with Crippen molar-refractivity contribution in [1.82, 2.24) is 10.3 Å². The zero-order valence-corrected chi connectivity index (χ0v) is 21.5. The number of oxazole rings is 1. The van der Waals surface area contributed by atoms with Crippen molar-refractivity contribution in [3.8, 4) is 22.8 Å². The molecule has 0 fully saturated rings. The predicted molar refractivity (Wildman–Crippen MR) is 147 cm³/mol. The number of thiocarbonyl (C=S) groups is 1. The van der Waals surface area contributed by atoms with Crippen LogP contribution in [-0.2, 0) is 0 Å². The zero-order valence-electron chi connectivity index (χ0n) is 19.2. The Morgan fingerprint density at radius 1 is 0.917 bits per heavy atom. The Kier molecular flexibility index (Phi) is 6.53. The third kappa shape index (κ3) is 4.99. The van der Waals surface area contributed by atoms with Crippen LogP contribution in [0.3, 0.4) is 0 Å². The number of fused-ring (bicyclic) bond motifs is 1. The van der Waals surface area contributed by atoms with E-state index in [0.717, 1.165) is 11.1 Å². The van der Waals surface area contributed by atoms with Gasteiger partial charge >= 0.3 is 0 Å². The number of rotatable bonds is 4. The van der Waals surface area contributed by atoms with E-state index in [2.05, 4.69) is 29.5 Å². The molecule has 0 atom stereocenters. The number of hydrogen-bond donors (Lipinski definition) is 2. The standard InChI is InChI=1S/C27H19Cl2N3O3S/c1-14-3-4-16(11-15(14)2)26-31-21-13-18(6-8-23(21)35-26)30-27(36)32-25(33)24-10-9-22(34-24)19-7-5-17(28)12-20(19)29/h3-13H,1-2H3,(H2,30,32,33,36). The summed E-state index contributed by atoms with van der Waals surface area (Å²) in [6, 6.07) is 19.7. The fraction of sp³-hybridized carbons (Fsp3) is 0.0741. The molecular formula is C27H19Cl2N3O3S. The van der Waals surface area contributed by atoms with Gasteiger partial charge in [0.1, 0.15) is 11.3 Å². The summed E-state index contributed by atoms with van der Waals surface area (Å²) >= 11 is 17.5. The number of nitrogens with zero attached hydrogens (tertiary/aromatic N) is 1. The summed E-state index contributed by atoms with van der Waals surface area (Å²) in [5.74, 6) is 0.570. The van der Waals surface area contributed by atoms with Gasteiger partial charge in [0, 0.05) is 21.8 Å². The van der Waals surface area contributed by atoms with E-state index in [0.29, 0.717) is 44.0 Å². The van der Waals surface area contributed by atoms with E-state index in [1.165, 1.54) is 5.56 Å². The molecule has 5 aromatic rings. The summed E-state index contributed by atoms with van der Waals surface area (Å²) in [6.07, 6.45) is 0. The maximum atomic E-state index is 12.6. The van der Waals surface area contributed by atoms with Crippen LogP contribution in [0.1, 0.15) is 21.7 Å².